The molecule has 0 spiro atoms. The van der Waals surface area contributed by atoms with Crippen molar-refractivity contribution in [3.8, 4) is 0 Å². The average Bonchev–Trinajstić information content (AvgIpc) is 2.88. The monoisotopic (exact) mass is 303 g/mol. The second-order valence-electron chi connectivity index (χ2n) is 4.55. The van der Waals surface area contributed by atoms with Gasteiger partial charge in [0, 0.05) is 5.70 Å². The second kappa shape index (κ2) is 5.49. The molecule has 0 bridgehead atoms. The number of thiocarbonyl (C=S) groups is 1. The Kier molecular flexibility index (Phi) is 3.53. The van der Waals surface area contributed by atoms with Crippen molar-refractivity contribution in [3.63, 3.8) is 0 Å². The van der Waals surface area contributed by atoms with Crippen LogP contribution in [-0.2, 0) is 16.3 Å². The van der Waals surface area contributed by atoms with Gasteiger partial charge in [0.2, 0.25) is 0 Å². The molecule has 0 saturated heterocycles. The van der Waals surface area contributed by atoms with Gasteiger partial charge in [-0.2, -0.15) is 0 Å². The lowest BCUT2D eigenvalue weighted by molar-refractivity contribution is -0.143. The van der Waals surface area contributed by atoms with Gasteiger partial charge in [-0.15, -0.1) is 5.10 Å². The summed E-state index contributed by atoms with van der Waals surface area (Å²) < 4.78 is 6.82. The third-order valence-electron chi connectivity index (χ3n) is 3.16. The van der Waals surface area contributed by atoms with Crippen LogP contribution in [0.5, 0.6) is 0 Å². The first-order valence-electron chi connectivity index (χ1n) is 6.35. The summed E-state index contributed by atoms with van der Waals surface area (Å²) in [6.45, 7) is 2.16. The van der Waals surface area contributed by atoms with Crippen LogP contribution in [0, 0.1) is 0 Å². The van der Waals surface area contributed by atoms with Crippen LogP contribution < -0.4 is 10.6 Å². The van der Waals surface area contributed by atoms with Crippen LogP contribution >= 0.6 is 12.2 Å². The van der Waals surface area contributed by atoms with Gasteiger partial charge in [0.1, 0.15) is 5.52 Å². The molecule has 3 rings (SSSR count). The van der Waals surface area contributed by atoms with Crippen molar-refractivity contribution in [2.45, 2.75) is 13.7 Å². The van der Waals surface area contributed by atoms with Crippen molar-refractivity contribution in [3.05, 3.63) is 35.5 Å². The molecule has 0 aliphatic carbocycles. The Morgan fingerprint density at radius 3 is 3.10 bits per heavy atom. The molecular weight excluding hydrogens is 290 g/mol. The fraction of sp³-hybridized carbons (Fsp3) is 0.231. The number of aromatic nitrogens is 3. The molecule has 2 aromatic rings. The number of hydrogen-bond donors (Lipinski definition) is 2. The molecule has 0 atom stereocenters. The van der Waals surface area contributed by atoms with Crippen LogP contribution in [0.15, 0.2) is 35.5 Å². The number of para-hydroxylation sites is 1. The minimum absolute atomic E-state index is 0.0145. The minimum atomic E-state index is -0.408. The van der Waals surface area contributed by atoms with Gasteiger partial charge in [0.25, 0.3) is 0 Å². The zero-order valence-corrected chi connectivity index (χ0v) is 12.1. The lowest BCUT2D eigenvalue weighted by atomic mass is 10.2. The molecule has 1 aromatic heterocycles. The SMILES string of the molecule is CC1=C(C(=O)OCn2nnc3ccccc32)CNC(=S)N1. The number of carbonyl (C=O) groups excluding carboxylic acids is 1. The summed E-state index contributed by atoms with van der Waals surface area (Å²) in [5, 5.41) is 14.3. The van der Waals surface area contributed by atoms with Gasteiger partial charge in [-0.3, -0.25) is 0 Å². The van der Waals surface area contributed by atoms with Crippen LogP contribution in [0.1, 0.15) is 6.92 Å². The molecule has 0 saturated carbocycles. The number of esters is 1. The lowest BCUT2D eigenvalue weighted by Gasteiger charge is -2.20. The van der Waals surface area contributed by atoms with E-state index in [1.807, 2.05) is 24.3 Å². The minimum Gasteiger partial charge on any atom is -0.439 e. The summed E-state index contributed by atoms with van der Waals surface area (Å²) in [7, 11) is 0. The van der Waals surface area contributed by atoms with Crippen LogP contribution in [0.3, 0.4) is 0 Å². The van der Waals surface area contributed by atoms with Crippen LogP contribution in [0.2, 0.25) is 0 Å². The lowest BCUT2D eigenvalue weighted by Crippen LogP contribution is -2.43. The fourth-order valence-corrected chi connectivity index (χ4v) is 2.26. The Morgan fingerprint density at radius 1 is 1.48 bits per heavy atom. The number of benzene rings is 1. The summed E-state index contributed by atoms with van der Waals surface area (Å²) in [4.78, 5) is 12.1. The number of fused-ring (bicyclic) bond motifs is 1. The van der Waals surface area contributed by atoms with Crippen LogP contribution in [0.25, 0.3) is 11.0 Å². The van der Waals surface area contributed by atoms with E-state index >= 15 is 0 Å². The van der Waals surface area contributed by atoms with E-state index in [1.54, 1.807) is 6.92 Å². The second-order valence-corrected chi connectivity index (χ2v) is 4.96. The van der Waals surface area contributed by atoms with Crippen molar-refractivity contribution in [1.82, 2.24) is 25.6 Å². The molecule has 2 heterocycles. The third kappa shape index (κ3) is 2.70. The highest BCUT2D eigenvalue weighted by molar-refractivity contribution is 7.80. The Morgan fingerprint density at radius 2 is 2.29 bits per heavy atom. The quantitative estimate of drug-likeness (QED) is 0.637. The number of nitrogens with one attached hydrogen (secondary N) is 2. The molecule has 8 heteroatoms. The van der Waals surface area contributed by atoms with Gasteiger partial charge in [0.15, 0.2) is 11.8 Å². The summed E-state index contributed by atoms with van der Waals surface area (Å²) in [6.07, 6.45) is 0. The van der Waals surface area contributed by atoms with Crippen molar-refractivity contribution < 1.29 is 9.53 Å². The van der Waals surface area contributed by atoms with Gasteiger partial charge in [0.05, 0.1) is 17.6 Å². The van der Waals surface area contributed by atoms with Crippen molar-refractivity contribution in [2.24, 2.45) is 0 Å². The molecule has 1 aromatic carbocycles. The smallest absolute Gasteiger partial charge is 0.339 e. The molecule has 1 aliphatic rings. The molecule has 7 nitrogen and oxygen atoms in total. The molecule has 1 aliphatic heterocycles. The van der Waals surface area contributed by atoms with E-state index < -0.39 is 5.97 Å². The highest BCUT2D eigenvalue weighted by Crippen LogP contribution is 2.11. The van der Waals surface area contributed by atoms with Gasteiger partial charge >= 0.3 is 5.97 Å². The largest absolute Gasteiger partial charge is 0.439 e. The molecule has 2 N–H and O–H groups in total. The standard InChI is InChI=1S/C13H13N5O2S/c1-8-9(6-14-13(21)15-8)12(19)20-7-18-11-5-3-2-4-10(11)16-17-18/h2-5H,6-7H2,1H3,(H2,14,15,21). The van der Waals surface area contributed by atoms with Gasteiger partial charge in [-0.1, -0.05) is 17.3 Å². The van der Waals surface area contributed by atoms with Crippen LogP contribution in [-0.4, -0.2) is 32.6 Å². The number of ether oxygens (including phenoxy) is 1. The molecule has 0 fully saturated rings. The Hall–Kier alpha value is -2.48. The van der Waals surface area contributed by atoms with E-state index in [0.29, 0.717) is 22.9 Å². The van der Waals surface area contributed by atoms with E-state index in [9.17, 15) is 4.79 Å². The van der Waals surface area contributed by atoms with Crippen molar-refractivity contribution in [2.75, 3.05) is 6.54 Å². The van der Waals surface area contributed by atoms with Crippen molar-refractivity contribution >= 4 is 34.3 Å². The topological polar surface area (TPSA) is 81.1 Å². The van der Waals surface area contributed by atoms with E-state index in [0.717, 1.165) is 11.0 Å². The molecule has 21 heavy (non-hydrogen) atoms. The van der Waals surface area contributed by atoms with Gasteiger partial charge in [-0.05, 0) is 31.3 Å². The highest BCUT2D eigenvalue weighted by Gasteiger charge is 2.20. The molecular formula is C13H13N5O2S. The van der Waals surface area contributed by atoms with Crippen molar-refractivity contribution in [1.29, 1.82) is 0 Å². The Balaban J connectivity index is 1.72. The first kappa shape index (κ1) is 13.5. The Bertz CT molecular complexity index is 752. The zero-order chi connectivity index (χ0) is 14.8. The highest BCUT2D eigenvalue weighted by atomic mass is 32.1. The zero-order valence-electron chi connectivity index (χ0n) is 11.3. The first-order chi connectivity index (χ1) is 10.1. The predicted molar refractivity (Wildman–Crippen MR) is 80.1 cm³/mol. The average molecular weight is 303 g/mol. The number of hydrogen-bond acceptors (Lipinski definition) is 5. The summed E-state index contributed by atoms with van der Waals surface area (Å²) >= 11 is 4.97. The molecule has 0 unspecified atom stereocenters. The fourth-order valence-electron chi connectivity index (χ4n) is 2.04. The van der Waals surface area contributed by atoms with Gasteiger partial charge in [-0.25, -0.2) is 9.48 Å². The molecule has 0 radical (unpaired) electrons. The summed E-state index contributed by atoms with van der Waals surface area (Å²) in [5.74, 6) is -0.408. The maximum atomic E-state index is 12.1. The normalized spacial score (nSPS) is 14.8. The van der Waals surface area contributed by atoms with Gasteiger partial charge < -0.3 is 15.4 Å². The molecule has 108 valence electrons. The maximum Gasteiger partial charge on any atom is 0.339 e. The third-order valence-corrected chi connectivity index (χ3v) is 3.41. The predicted octanol–water partition coefficient (Wildman–Crippen LogP) is 0.684. The van der Waals surface area contributed by atoms with E-state index in [1.165, 1.54) is 4.68 Å². The Labute approximate surface area is 126 Å². The first-order valence-corrected chi connectivity index (χ1v) is 6.76. The van der Waals surface area contributed by atoms with Crippen LogP contribution in [0.4, 0.5) is 0 Å². The number of rotatable bonds is 3. The van der Waals surface area contributed by atoms with E-state index in [4.69, 9.17) is 17.0 Å². The van der Waals surface area contributed by atoms with E-state index in [2.05, 4.69) is 20.9 Å². The number of carbonyl (C=O) groups is 1. The molecule has 0 amide bonds. The summed E-state index contributed by atoms with van der Waals surface area (Å²) in [5.41, 5.74) is 2.80. The maximum absolute atomic E-state index is 12.1. The summed E-state index contributed by atoms with van der Waals surface area (Å²) in [6, 6.07) is 7.48. The number of allylic oxidation sites excluding steroid dienone is 1. The van der Waals surface area contributed by atoms with E-state index in [-0.39, 0.29) is 6.73 Å². The number of nitrogens with zero attached hydrogens (tertiary/aromatic N) is 3.